The third kappa shape index (κ3) is 4.14. The first-order valence-electron chi connectivity index (χ1n) is 6.44. The zero-order chi connectivity index (χ0) is 15.2. The van der Waals surface area contributed by atoms with Crippen molar-refractivity contribution in [2.45, 2.75) is 12.5 Å². The summed E-state index contributed by atoms with van der Waals surface area (Å²) in [6.45, 7) is 0. The summed E-state index contributed by atoms with van der Waals surface area (Å²) < 4.78 is 12.8. The molecule has 0 radical (unpaired) electrons. The van der Waals surface area contributed by atoms with Crippen molar-refractivity contribution in [2.24, 2.45) is 5.73 Å². The Morgan fingerprint density at radius 1 is 1.05 bits per heavy atom. The molecule has 3 N–H and O–H groups in total. The predicted octanol–water partition coefficient (Wildman–Crippen LogP) is 1.71. The van der Waals surface area contributed by atoms with Gasteiger partial charge in [-0.15, -0.1) is 0 Å². The van der Waals surface area contributed by atoms with Gasteiger partial charge < -0.3 is 11.1 Å². The van der Waals surface area contributed by atoms with Crippen molar-refractivity contribution >= 4 is 11.8 Å². The van der Waals surface area contributed by atoms with E-state index in [0.29, 0.717) is 11.1 Å². The number of hydrogen-bond acceptors (Lipinski definition) is 2. The van der Waals surface area contributed by atoms with Crippen LogP contribution in [0.4, 0.5) is 4.39 Å². The zero-order valence-electron chi connectivity index (χ0n) is 11.3. The number of amides is 2. The Morgan fingerprint density at radius 2 is 1.67 bits per heavy atom. The molecular weight excluding hydrogens is 271 g/mol. The van der Waals surface area contributed by atoms with Gasteiger partial charge in [-0.05, 0) is 23.3 Å². The van der Waals surface area contributed by atoms with E-state index in [2.05, 4.69) is 5.32 Å². The summed E-state index contributed by atoms with van der Waals surface area (Å²) in [7, 11) is 0. The van der Waals surface area contributed by atoms with Crippen molar-refractivity contribution in [3.05, 3.63) is 71.5 Å². The van der Waals surface area contributed by atoms with E-state index in [4.69, 9.17) is 5.73 Å². The first kappa shape index (κ1) is 14.7. The van der Waals surface area contributed by atoms with Crippen LogP contribution in [0.1, 0.15) is 17.2 Å². The van der Waals surface area contributed by atoms with Gasteiger partial charge in [-0.3, -0.25) is 9.59 Å². The van der Waals surface area contributed by atoms with Crippen molar-refractivity contribution in [1.82, 2.24) is 5.32 Å². The summed E-state index contributed by atoms with van der Waals surface area (Å²) in [5, 5.41) is 2.59. The lowest BCUT2D eigenvalue weighted by Crippen LogP contribution is -2.38. The Bertz CT molecular complexity index is 626. The summed E-state index contributed by atoms with van der Waals surface area (Å²) in [5.41, 5.74) is 6.61. The topological polar surface area (TPSA) is 72.2 Å². The minimum Gasteiger partial charge on any atom is -0.368 e. The Balaban J connectivity index is 2.05. The van der Waals surface area contributed by atoms with Crippen molar-refractivity contribution in [2.75, 3.05) is 0 Å². The van der Waals surface area contributed by atoms with Crippen LogP contribution in [0.5, 0.6) is 0 Å². The van der Waals surface area contributed by atoms with Crippen LogP contribution >= 0.6 is 0 Å². The molecule has 0 aliphatic heterocycles. The van der Waals surface area contributed by atoms with Crippen LogP contribution in [0.3, 0.4) is 0 Å². The molecule has 5 heteroatoms. The third-order valence-electron chi connectivity index (χ3n) is 3.00. The molecule has 1 unspecified atom stereocenters. The molecule has 21 heavy (non-hydrogen) atoms. The number of benzene rings is 2. The molecule has 0 aliphatic rings. The smallest absolute Gasteiger partial charge is 0.244 e. The highest BCUT2D eigenvalue weighted by Crippen LogP contribution is 2.12. The second-order valence-electron chi connectivity index (χ2n) is 4.62. The van der Waals surface area contributed by atoms with E-state index in [9.17, 15) is 14.0 Å². The van der Waals surface area contributed by atoms with Crippen LogP contribution in [-0.4, -0.2) is 11.8 Å². The Morgan fingerprint density at radius 3 is 2.24 bits per heavy atom. The van der Waals surface area contributed by atoms with Gasteiger partial charge in [-0.25, -0.2) is 4.39 Å². The largest absolute Gasteiger partial charge is 0.368 e. The van der Waals surface area contributed by atoms with E-state index in [1.165, 1.54) is 24.3 Å². The summed E-state index contributed by atoms with van der Waals surface area (Å²) in [5.74, 6) is -1.35. The van der Waals surface area contributed by atoms with E-state index >= 15 is 0 Å². The number of hydrogen-bond donors (Lipinski definition) is 2. The standard InChI is InChI=1S/C16H15FN2O2/c17-13-8-6-11(7-9-13)10-14(20)19-15(16(18)21)12-4-2-1-3-5-12/h1-9,15H,10H2,(H2,18,21)(H,19,20). The fourth-order valence-corrected chi connectivity index (χ4v) is 1.96. The van der Waals surface area contributed by atoms with Crippen LogP contribution in [0, 0.1) is 5.82 Å². The molecule has 0 bridgehead atoms. The molecule has 4 nitrogen and oxygen atoms in total. The van der Waals surface area contributed by atoms with Gasteiger partial charge in [0, 0.05) is 0 Å². The van der Waals surface area contributed by atoms with Gasteiger partial charge in [0.05, 0.1) is 6.42 Å². The molecule has 2 aromatic carbocycles. The minimum atomic E-state index is -0.876. The fourth-order valence-electron chi connectivity index (χ4n) is 1.96. The molecule has 2 aromatic rings. The molecule has 0 spiro atoms. The molecule has 0 saturated carbocycles. The summed E-state index contributed by atoms with van der Waals surface area (Å²) in [6.07, 6.45) is 0.0525. The van der Waals surface area contributed by atoms with Gasteiger partial charge in [0.2, 0.25) is 11.8 Å². The quantitative estimate of drug-likeness (QED) is 0.878. The van der Waals surface area contributed by atoms with Gasteiger partial charge in [0.1, 0.15) is 11.9 Å². The Labute approximate surface area is 121 Å². The maximum absolute atomic E-state index is 12.8. The van der Waals surface area contributed by atoms with Gasteiger partial charge in [-0.1, -0.05) is 42.5 Å². The van der Waals surface area contributed by atoms with Crippen LogP contribution in [0.2, 0.25) is 0 Å². The Kier molecular flexibility index (Phi) is 4.66. The van der Waals surface area contributed by atoms with E-state index in [1.54, 1.807) is 24.3 Å². The monoisotopic (exact) mass is 286 g/mol. The molecule has 0 heterocycles. The number of carbonyl (C=O) groups is 2. The summed E-state index contributed by atoms with van der Waals surface area (Å²) >= 11 is 0. The average molecular weight is 286 g/mol. The number of halogens is 1. The predicted molar refractivity (Wildman–Crippen MR) is 76.6 cm³/mol. The lowest BCUT2D eigenvalue weighted by molar-refractivity contribution is -0.127. The van der Waals surface area contributed by atoms with Crippen molar-refractivity contribution < 1.29 is 14.0 Å². The van der Waals surface area contributed by atoms with Crippen LogP contribution < -0.4 is 11.1 Å². The molecule has 1 atom stereocenters. The van der Waals surface area contributed by atoms with Crippen LogP contribution in [0.25, 0.3) is 0 Å². The fraction of sp³-hybridized carbons (Fsp3) is 0.125. The molecular formula is C16H15FN2O2. The van der Waals surface area contributed by atoms with Crippen molar-refractivity contribution in [3.8, 4) is 0 Å². The van der Waals surface area contributed by atoms with Gasteiger partial charge in [0.25, 0.3) is 0 Å². The van der Waals surface area contributed by atoms with E-state index < -0.39 is 11.9 Å². The molecule has 108 valence electrons. The number of rotatable bonds is 5. The highest BCUT2D eigenvalue weighted by Gasteiger charge is 2.19. The van der Waals surface area contributed by atoms with E-state index in [-0.39, 0.29) is 18.1 Å². The second kappa shape index (κ2) is 6.65. The zero-order valence-corrected chi connectivity index (χ0v) is 11.3. The maximum Gasteiger partial charge on any atom is 0.244 e. The molecule has 0 aliphatic carbocycles. The van der Waals surface area contributed by atoms with E-state index in [1.807, 2.05) is 6.07 Å². The molecule has 0 fully saturated rings. The number of primary amides is 1. The molecule has 2 amide bonds. The minimum absolute atomic E-state index is 0.0525. The van der Waals surface area contributed by atoms with Gasteiger partial charge in [-0.2, -0.15) is 0 Å². The highest BCUT2D eigenvalue weighted by molar-refractivity contribution is 5.88. The Hall–Kier alpha value is -2.69. The molecule has 2 rings (SSSR count). The summed E-state index contributed by atoms with van der Waals surface area (Å²) in [4.78, 5) is 23.5. The average Bonchev–Trinajstić information content (AvgIpc) is 2.48. The first-order valence-corrected chi connectivity index (χ1v) is 6.44. The van der Waals surface area contributed by atoms with Crippen molar-refractivity contribution in [1.29, 1.82) is 0 Å². The number of carbonyl (C=O) groups excluding carboxylic acids is 2. The lowest BCUT2D eigenvalue weighted by atomic mass is 10.1. The number of nitrogens with two attached hydrogens (primary N) is 1. The second-order valence-corrected chi connectivity index (χ2v) is 4.62. The maximum atomic E-state index is 12.8. The van der Waals surface area contributed by atoms with E-state index in [0.717, 1.165) is 0 Å². The number of nitrogens with one attached hydrogen (secondary N) is 1. The normalized spacial score (nSPS) is 11.7. The first-order chi connectivity index (χ1) is 10.1. The summed E-state index contributed by atoms with van der Waals surface area (Å²) in [6, 6.07) is 13.5. The highest BCUT2D eigenvalue weighted by atomic mass is 19.1. The van der Waals surface area contributed by atoms with Crippen LogP contribution in [-0.2, 0) is 16.0 Å². The van der Waals surface area contributed by atoms with Crippen LogP contribution in [0.15, 0.2) is 54.6 Å². The lowest BCUT2D eigenvalue weighted by Gasteiger charge is -2.15. The van der Waals surface area contributed by atoms with Gasteiger partial charge in [0.15, 0.2) is 0 Å². The third-order valence-corrected chi connectivity index (χ3v) is 3.00. The molecule has 0 aromatic heterocycles. The van der Waals surface area contributed by atoms with Crippen molar-refractivity contribution in [3.63, 3.8) is 0 Å². The van der Waals surface area contributed by atoms with Gasteiger partial charge >= 0.3 is 0 Å². The SMILES string of the molecule is NC(=O)C(NC(=O)Cc1ccc(F)cc1)c1ccccc1. The molecule has 0 saturated heterocycles.